The molecular weight excluding hydrogens is 297 g/mol. The second-order valence-corrected chi connectivity index (χ2v) is 10.6. The Hall–Kier alpha value is -1.20. The molecule has 0 spiro atoms. The first-order chi connectivity index (χ1) is 10.8. The fourth-order valence-corrected chi connectivity index (χ4v) is 5.91. The molecule has 1 aromatic heterocycles. The van der Waals surface area contributed by atoms with Gasteiger partial charge < -0.3 is 0 Å². The van der Waals surface area contributed by atoms with Gasteiger partial charge in [0.25, 0.3) is 0 Å². The molecule has 0 aliphatic heterocycles. The molecule has 1 nitrogen and oxygen atoms in total. The van der Waals surface area contributed by atoms with E-state index in [4.69, 9.17) is 4.98 Å². The van der Waals surface area contributed by atoms with Gasteiger partial charge >= 0.3 is 0 Å². The summed E-state index contributed by atoms with van der Waals surface area (Å²) in [5.41, 5.74) is 9.13. The van der Waals surface area contributed by atoms with Crippen molar-refractivity contribution in [3.63, 3.8) is 0 Å². The summed E-state index contributed by atoms with van der Waals surface area (Å²) < 4.78 is 0. The van der Waals surface area contributed by atoms with Crippen LogP contribution in [0.3, 0.4) is 0 Å². The van der Waals surface area contributed by atoms with Gasteiger partial charge in [-0.3, -0.25) is 4.98 Å². The maximum atomic E-state index is 5.02. The van der Waals surface area contributed by atoms with Crippen molar-refractivity contribution in [1.29, 1.82) is 0 Å². The molecule has 0 fully saturated rings. The highest BCUT2D eigenvalue weighted by molar-refractivity contribution is 7.58. The van der Waals surface area contributed by atoms with Gasteiger partial charge in [-0.25, -0.2) is 0 Å². The maximum absolute atomic E-state index is 5.02. The molecule has 0 N–H and O–H groups in total. The van der Waals surface area contributed by atoms with E-state index in [2.05, 4.69) is 78.8 Å². The van der Waals surface area contributed by atoms with Crippen molar-refractivity contribution in [1.82, 2.24) is 4.98 Å². The molecule has 0 atom stereocenters. The average molecular weight is 327 g/mol. The van der Waals surface area contributed by atoms with Gasteiger partial charge in [0, 0.05) is 17.4 Å². The molecule has 124 valence electrons. The van der Waals surface area contributed by atoms with E-state index in [1.54, 1.807) is 0 Å². The Morgan fingerprint density at radius 1 is 0.913 bits per heavy atom. The van der Waals surface area contributed by atoms with Crippen molar-refractivity contribution < 1.29 is 0 Å². The lowest BCUT2D eigenvalue weighted by Gasteiger charge is -2.25. The predicted molar refractivity (Wildman–Crippen MR) is 105 cm³/mol. The van der Waals surface area contributed by atoms with E-state index in [9.17, 15) is 0 Å². The van der Waals surface area contributed by atoms with Crippen molar-refractivity contribution in [3.8, 4) is 11.3 Å². The summed E-state index contributed by atoms with van der Waals surface area (Å²) in [4.78, 5) is 5.02. The van der Waals surface area contributed by atoms with Crippen LogP contribution in [-0.4, -0.2) is 16.3 Å². The lowest BCUT2D eigenvalue weighted by molar-refractivity contribution is 0.987. The molecule has 2 aromatic rings. The zero-order valence-electron chi connectivity index (χ0n) is 15.6. The molecule has 0 unspecified atom stereocenters. The summed E-state index contributed by atoms with van der Waals surface area (Å²) in [6.45, 7) is 15.9. The molecule has 0 aliphatic rings. The molecule has 0 radical (unpaired) electrons. The first-order valence-corrected chi connectivity index (χ1v) is 10.3. The molecule has 0 saturated carbocycles. The second kappa shape index (κ2) is 7.58. The summed E-state index contributed by atoms with van der Waals surface area (Å²) in [6, 6.07) is 11.0. The number of benzene rings is 1. The van der Waals surface area contributed by atoms with Gasteiger partial charge in [-0.05, 0) is 55.3 Å². The normalized spacial score (nSPS) is 11.7. The fraction of sp³-hybridized carbons (Fsp3) is 0.476. The van der Waals surface area contributed by atoms with Gasteiger partial charge in [0.1, 0.15) is 0 Å². The minimum absolute atomic E-state index is 0.0192. The zero-order valence-corrected chi connectivity index (χ0v) is 16.5. The molecule has 23 heavy (non-hydrogen) atoms. The minimum atomic E-state index is -0.0192. The Kier molecular flexibility index (Phi) is 5.98. The van der Waals surface area contributed by atoms with Crippen LogP contribution in [0.2, 0.25) is 0 Å². The van der Waals surface area contributed by atoms with Crippen LogP contribution < -0.4 is 0 Å². The van der Waals surface area contributed by atoms with Gasteiger partial charge in [-0.2, -0.15) is 0 Å². The third-order valence-corrected chi connectivity index (χ3v) is 7.75. The smallest absolute Gasteiger partial charge is 0.0710 e. The molecule has 0 bridgehead atoms. The van der Waals surface area contributed by atoms with Crippen molar-refractivity contribution in [2.75, 3.05) is 0 Å². The van der Waals surface area contributed by atoms with Crippen LogP contribution in [0.15, 0.2) is 30.3 Å². The Balaban J connectivity index is 2.38. The van der Waals surface area contributed by atoms with Gasteiger partial charge in [0.05, 0.1) is 5.69 Å². The van der Waals surface area contributed by atoms with Gasteiger partial charge in [0.15, 0.2) is 0 Å². The minimum Gasteiger partial charge on any atom is -0.252 e. The molecule has 0 amide bonds. The van der Waals surface area contributed by atoms with Gasteiger partial charge in [-0.15, -0.1) is 0 Å². The van der Waals surface area contributed by atoms with E-state index in [0.717, 1.165) is 23.2 Å². The third kappa shape index (κ3) is 4.42. The standard InChI is InChI=1S/C21H30NP/c1-14(2)23(15(3)4)13-19-9-8-10-20(22-19)21-17(6)11-16(5)12-18(21)7/h8-12,14-15H,13H2,1-7H3. The molecule has 1 aromatic carbocycles. The number of aryl methyl sites for hydroxylation is 3. The number of nitrogens with zero attached hydrogens (tertiary/aromatic N) is 1. The quantitative estimate of drug-likeness (QED) is 0.573. The lowest BCUT2D eigenvalue weighted by Crippen LogP contribution is -2.06. The van der Waals surface area contributed by atoms with E-state index in [0.29, 0.717) is 0 Å². The SMILES string of the molecule is Cc1cc(C)c(-c2cccc(CP(C(C)C)C(C)C)n2)c(C)c1. The fourth-order valence-electron chi connectivity index (χ4n) is 3.44. The van der Waals surface area contributed by atoms with E-state index in [-0.39, 0.29) is 7.92 Å². The molecule has 0 aliphatic carbocycles. The topological polar surface area (TPSA) is 12.9 Å². The number of hydrogen-bond donors (Lipinski definition) is 0. The highest BCUT2D eigenvalue weighted by atomic mass is 31.1. The molecular formula is C21H30NP. The predicted octanol–water partition coefficient (Wildman–Crippen LogP) is 6.47. The Morgan fingerprint density at radius 2 is 1.48 bits per heavy atom. The van der Waals surface area contributed by atoms with Gasteiger partial charge in [0.2, 0.25) is 0 Å². The Labute approximate surface area is 143 Å². The van der Waals surface area contributed by atoms with Crippen LogP contribution in [-0.2, 0) is 6.16 Å². The van der Waals surface area contributed by atoms with Crippen LogP contribution >= 0.6 is 7.92 Å². The molecule has 0 saturated heterocycles. The largest absolute Gasteiger partial charge is 0.252 e. The maximum Gasteiger partial charge on any atom is 0.0710 e. The lowest BCUT2D eigenvalue weighted by atomic mass is 9.97. The summed E-state index contributed by atoms with van der Waals surface area (Å²) in [5.74, 6) is 0. The second-order valence-electron chi connectivity index (χ2n) is 7.15. The molecule has 2 rings (SSSR count). The number of hydrogen-bond acceptors (Lipinski definition) is 1. The van der Waals surface area contributed by atoms with Crippen LogP contribution in [0.4, 0.5) is 0 Å². The monoisotopic (exact) mass is 327 g/mol. The summed E-state index contributed by atoms with van der Waals surface area (Å²) in [6.07, 6.45) is 1.13. The highest BCUT2D eigenvalue weighted by Gasteiger charge is 2.18. The number of aromatic nitrogens is 1. The first-order valence-electron chi connectivity index (χ1n) is 8.59. The third-order valence-electron chi connectivity index (χ3n) is 4.41. The van der Waals surface area contributed by atoms with Crippen LogP contribution in [0.5, 0.6) is 0 Å². The van der Waals surface area contributed by atoms with Gasteiger partial charge in [-0.1, -0.05) is 59.4 Å². The van der Waals surface area contributed by atoms with E-state index < -0.39 is 0 Å². The number of rotatable bonds is 5. The van der Waals surface area contributed by atoms with E-state index >= 15 is 0 Å². The van der Waals surface area contributed by atoms with Crippen LogP contribution in [0.25, 0.3) is 11.3 Å². The highest BCUT2D eigenvalue weighted by Crippen LogP contribution is 2.48. The number of pyridine rings is 1. The zero-order chi connectivity index (χ0) is 17.1. The van der Waals surface area contributed by atoms with Crippen molar-refractivity contribution >= 4 is 7.92 Å². The summed E-state index contributed by atoms with van der Waals surface area (Å²) in [5, 5.41) is 0. The molecule has 2 heteroatoms. The summed E-state index contributed by atoms with van der Waals surface area (Å²) in [7, 11) is -0.0192. The summed E-state index contributed by atoms with van der Waals surface area (Å²) >= 11 is 0. The van der Waals surface area contributed by atoms with E-state index in [1.165, 1.54) is 27.9 Å². The van der Waals surface area contributed by atoms with Crippen molar-refractivity contribution in [2.45, 2.75) is 65.9 Å². The Morgan fingerprint density at radius 3 is 2.00 bits per heavy atom. The van der Waals surface area contributed by atoms with E-state index in [1.807, 2.05) is 0 Å². The van der Waals surface area contributed by atoms with Crippen molar-refractivity contribution in [2.24, 2.45) is 0 Å². The Bertz CT molecular complexity index is 642. The van der Waals surface area contributed by atoms with Crippen LogP contribution in [0.1, 0.15) is 50.1 Å². The average Bonchev–Trinajstić information content (AvgIpc) is 2.43. The molecule has 1 heterocycles. The first kappa shape index (κ1) is 18.1. The van der Waals surface area contributed by atoms with Crippen molar-refractivity contribution in [3.05, 3.63) is 52.7 Å². The van der Waals surface area contributed by atoms with Crippen LogP contribution in [0, 0.1) is 20.8 Å².